The van der Waals surface area contributed by atoms with Crippen LogP contribution in [-0.2, 0) is 14.3 Å². The lowest BCUT2D eigenvalue weighted by molar-refractivity contribution is -0.148. The number of hydrogen-bond acceptors (Lipinski definition) is 4. The number of carboxylic acids is 1. The van der Waals surface area contributed by atoms with E-state index in [2.05, 4.69) is 4.74 Å². The lowest BCUT2D eigenvalue weighted by Gasteiger charge is -2.04. The van der Waals surface area contributed by atoms with Gasteiger partial charge in [-0.2, -0.15) is 0 Å². The summed E-state index contributed by atoms with van der Waals surface area (Å²) in [5.41, 5.74) is 4.96. The van der Waals surface area contributed by atoms with E-state index >= 15 is 0 Å². The van der Waals surface area contributed by atoms with Crippen LogP contribution in [0, 0.1) is 0 Å². The van der Waals surface area contributed by atoms with E-state index in [4.69, 9.17) is 12.2 Å². The van der Waals surface area contributed by atoms with Crippen molar-refractivity contribution < 1.29 is 20.8 Å². The van der Waals surface area contributed by atoms with Crippen molar-refractivity contribution in [2.45, 2.75) is 19.4 Å². The fourth-order valence-electron chi connectivity index (χ4n) is 0.443. The van der Waals surface area contributed by atoms with Gasteiger partial charge in [-0.05, 0) is 6.92 Å². The Hall–Kier alpha value is -1.10. The third-order valence-corrected chi connectivity index (χ3v) is 0.915. The summed E-state index contributed by atoms with van der Waals surface area (Å²) in [5, 5.41) is 8.34. The van der Waals surface area contributed by atoms with Gasteiger partial charge in [-0.3, -0.25) is 9.59 Å². The minimum Gasteiger partial charge on any atom is -0.480 e. The molecule has 0 bridgehead atoms. The zero-order chi connectivity index (χ0) is 9.78. The largest absolute Gasteiger partial charge is 0.480 e. The smallest absolute Gasteiger partial charge is 0.321 e. The molecule has 64 valence electrons. The number of esters is 1. The molecule has 5 nitrogen and oxygen atoms in total. The number of hydrogen-bond donors (Lipinski definition) is 2. The van der Waals surface area contributed by atoms with Gasteiger partial charge >= 0.3 is 11.9 Å². The van der Waals surface area contributed by atoms with Gasteiger partial charge in [-0.25, -0.2) is 0 Å². The molecule has 5 heteroatoms. The summed E-state index contributed by atoms with van der Waals surface area (Å²) in [5.74, 6) is -2.33. The van der Waals surface area contributed by atoms with Crippen molar-refractivity contribution in [2.75, 3.05) is 6.61 Å². The molecule has 0 saturated heterocycles. The Bertz CT molecular complexity index is 192. The highest BCUT2D eigenvalue weighted by Crippen LogP contribution is 1.91. The third-order valence-electron chi connectivity index (χ3n) is 0.915. The van der Waals surface area contributed by atoms with Gasteiger partial charge in [-0.1, -0.05) is 0 Å². The molecule has 0 spiro atoms. The summed E-state index contributed by atoms with van der Waals surface area (Å²) >= 11 is 0. The Morgan fingerprint density at radius 3 is 2.73 bits per heavy atom. The summed E-state index contributed by atoms with van der Waals surface area (Å²) < 4.78 is 11.4. The maximum absolute atomic E-state index is 10.7. The van der Waals surface area contributed by atoms with Crippen LogP contribution in [0.1, 0.15) is 14.7 Å². The third kappa shape index (κ3) is 4.32. The lowest BCUT2D eigenvalue weighted by Crippen LogP contribution is -2.33. The second-order valence-corrected chi connectivity index (χ2v) is 1.81. The fraction of sp³-hybridized carbons (Fsp3) is 0.667. The summed E-state index contributed by atoms with van der Waals surface area (Å²) in [7, 11) is 0. The minimum atomic E-state index is -2.29. The first-order chi connectivity index (χ1) is 5.40. The van der Waals surface area contributed by atoms with E-state index < -0.39 is 24.4 Å². The standard InChI is InChI=1S/C6H11NO4/c1-2-11-5(8)3-4(7)6(9)10/h4H,2-3,7H2,1H3,(H,9,10)/t4-/m0/s1/i4D. The van der Waals surface area contributed by atoms with Crippen molar-refractivity contribution in [3.63, 3.8) is 0 Å². The average molecular weight is 162 g/mol. The van der Waals surface area contributed by atoms with Crippen LogP contribution in [-0.4, -0.2) is 29.7 Å². The number of carbonyl (C=O) groups excluding carboxylic acids is 1. The molecular weight excluding hydrogens is 150 g/mol. The summed E-state index contributed by atoms with van der Waals surface area (Å²) in [6.07, 6.45) is -0.643. The average Bonchev–Trinajstić information content (AvgIpc) is 1.85. The Kier molecular flexibility index (Phi) is 3.40. The molecule has 0 aliphatic heterocycles. The van der Waals surface area contributed by atoms with Crippen LogP contribution in [0.5, 0.6) is 0 Å². The normalized spacial score (nSPS) is 16.4. The van der Waals surface area contributed by atoms with Crippen LogP contribution in [0.4, 0.5) is 0 Å². The first-order valence-electron chi connectivity index (χ1n) is 3.58. The molecular formula is C6H11NO4. The molecule has 0 aliphatic rings. The maximum atomic E-state index is 10.7. The Balaban J connectivity index is 4.06. The predicted molar refractivity (Wildman–Crippen MR) is 36.9 cm³/mol. The summed E-state index contributed by atoms with van der Waals surface area (Å²) in [6.45, 7) is 1.73. The molecule has 0 unspecified atom stereocenters. The van der Waals surface area contributed by atoms with Gasteiger partial charge in [0.2, 0.25) is 0 Å². The van der Waals surface area contributed by atoms with Gasteiger partial charge in [0, 0.05) is 0 Å². The van der Waals surface area contributed by atoms with Crippen LogP contribution in [0.15, 0.2) is 0 Å². The topological polar surface area (TPSA) is 89.6 Å². The lowest BCUT2D eigenvalue weighted by atomic mass is 10.2. The van der Waals surface area contributed by atoms with Crippen molar-refractivity contribution in [3.05, 3.63) is 0 Å². The number of aliphatic carboxylic acids is 1. The van der Waals surface area contributed by atoms with Gasteiger partial charge in [0.15, 0.2) is 0 Å². The molecule has 0 heterocycles. The highest BCUT2D eigenvalue weighted by Gasteiger charge is 2.16. The van der Waals surface area contributed by atoms with E-state index in [1.54, 1.807) is 6.92 Å². The first-order valence-corrected chi connectivity index (χ1v) is 3.08. The van der Waals surface area contributed by atoms with Crippen molar-refractivity contribution >= 4 is 11.9 Å². The van der Waals surface area contributed by atoms with Gasteiger partial charge in [0.1, 0.15) is 6.02 Å². The minimum absolute atomic E-state index is 0.147. The molecule has 11 heavy (non-hydrogen) atoms. The molecule has 0 aromatic heterocycles. The zero-order valence-corrected chi connectivity index (χ0v) is 6.16. The Labute approximate surface area is 65.5 Å². The molecule has 0 rings (SSSR count). The van der Waals surface area contributed by atoms with Gasteiger partial charge in [0.05, 0.1) is 14.4 Å². The van der Waals surface area contributed by atoms with Crippen LogP contribution in [0.25, 0.3) is 0 Å². The van der Waals surface area contributed by atoms with Crippen LogP contribution >= 0.6 is 0 Å². The van der Waals surface area contributed by atoms with E-state index in [-0.39, 0.29) is 6.61 Å². The summed E-state index contributed by atoms with van der Waals surface area (Å²) in [4.78, 5) is 20.9. The molecule has 1 atom stereocenters. The Morgan fingerprint density at radius 2 is 2.36 bits per heavy atom. The number of rotatable bonds is 4. The van der Waals surface area contributed by atoms with E-state index in [9.17, 15) is 9.59 Å². The van der Waals surface area contributed by atoms with E-state index in [1.165, 1.54) is 0 Å². The predicted octanol–water partition coefficient (Wildman–Crippen LogP) is -0.649. The SMILES string of the molecule is [2H][C@](N)(CC(=O)OCC)C(=O)O. The van der Waals surface area contributed by atoms with Crippen molar-refractivity contribution in [1.29, 1.82) is 0 Å². The monoisotopic (exact) mass is 162 g/mol. The highest BCUT2D eigenvalue weighted by atomic mass is 16.5. The number of nitrogens with two attached hydrogens (primary N) is 1. The van der Waals surface area contributed by atoms with Crippen molar-refractivity contribution in [3.8, 4) is 0 Å². The van der Waals surface area contributed by atoms with E-state index in [0.717, 1.165) is 0 Å². The first kappa shape index (κ1) is 8.00. The van der Waals surface area contributed by atoms with Crippen LogP contribution in [0.2, 0.25) is 0 Å². The second kappa shape index (κ2) is 4.68. The summed E-state index contributed by atoms with van der Waals surface area (Å²) in [6, 6.07) is -2.29. The second-order valence-electron chi connectivity index (χ2n) is 1.81. The van der Waals surface area contributed by atoms with E-state index in [1.807, 2.05) is 0 Å². The molecule has 0 amide bonds. The van der Waals surface area contributed by atoms with Crippen molar-refractivity contribution in [2.24, 2.45) is 5.73 Å². The molecule has 0 aromatic rings. The molecule has 0 fully saturated rings. The molecule has 3 N–H and O–H groups in total. The number of ether oxygens (including phenoxy) is 1. The number of carbonyl (C=O) groups is 2. The van der Waals surface area contributed by atoms with Gasteiger partial charge in [0.25, 0.3) is 0 Å². The zero-order valence-electron chi connectivity index (χ0n) is 7.16. The quantitative estimate of drug-likeness (QED) is 0.536. The molecule has 0 saturated carbocycles. The van der Waals surface area contributed by atoms with Gasteiger partial charge < -0.3 is 15.6 Å². The van der Waals surface area contributed by atoms with Crippen molar-refractivity contribution in [1.82, 2.24) is 0 Å². The molecule has 0 aromatic carbocycles. The van der Waals surface area contributed by atoms with Crippen LogP contribution in [0.3, 0.4) is 0 Å². The number of carboxylic acid groups (broad SMARTS) is 1. The Morgan fingerprint density at radius 1 is 1.82 bits per heavy atom. The molecule has 0 radical (unpaired) electrons. The maximum Gasteiger partial charge on any atom is 0.321 e. The van der Waals surface area contributed by atoms with E-state index in [0.29, 0.717) is 0 Å². The van der Waals surface area contributed by atoms with Crippen LogP contribution < -0.4 is 5.73 Å². The fourth-order valence-corrected chi connectivity index (χ4v) is 0.443. The highest BCUT2D eigenvalue weighted by molar-refractivity contribution is 5.81. The van der Waals surface area contributed by atoms with Gasteiger partial charge in [-0.15, -0.1) is 0 Å². The molecule has 0 aliphatic carbocycles.